The minimum absolute atomic E-state index is 0.563. The third-order valence-electron chi connectivity index (χ3n) is 4.29. The van der Waals surface area contributed by atoms with Crippen LogP contribution < -0.4 is 5.32 Å². The molecule has 0 bridgehead atoms. The molecule has 0 aromatic heterocycles. The number of ether oxygens (including phenoxy) is 1. The summed E-state index contributed by atoms with van der Waals surface area (Å²) in [6.07, 6.45) is 8.61. The lowest BCUT2D eigenvalue weighted by molar-refractivity contribution is 0.0969. The summed E-state index contributed by atoms with van der Waals surface area (Å²) in [4.78, 5) is 0. The van der Waals surface area contributed by atoms with Gasteiger partial charge in [-0.1, -0.05) is 13.8 Å². The van der Waals surface area contributed by atoms with E-state index in [9.17, 15) is 0 Å². The predicted octanol–water partition coefficient (Wildman–Crippen LogP) is 2.97. The van der Waals surface area contributed by atoms with Crippen LogP contribution >= 0.6 is 0 Å². The molecule has 1 aliphatic carbocycles. The molecule has 2 heteroatoms. The van der Waals surface area contributed by atoms with Crippen molar-refractivity contribution in [3.8, 4) is 0 Å². The SMILES string of the molecule is CCNC(CCC1CCCO1)C(C)C1CC1. The second-order valence-corrected chi connectivity index (χ2v) is 5.57. The van der Waals surface area contributed by atoms with Gasteiger partial charge in [-0.3, -0.25) is 0 Å². The molecule has 0 aromatic rings. The van der Waals surface area contributed by atoms with Gasteiger partial charge >= 0.3 is 0 Å². The Bertz CT molecular complexity index is 197. The van der Waals surface area contributed by atoms with E-state index in [4.69, 9.17) is 4.74 Å². The van der Waals surface area contributed by atoms with Crippen LogP contribution in [0.4, 0.5) is 0 Å². The molecule has 3 atom stereocenters. The maximum Gasteiger partial charge on any atom is 0.0576 e. The average molecular weight is 225 g/mol. The third kappa shape index (κ3) is 3.46. The average Bonchev–Trinajstić information content (AvgIpc) is 3.01. The van der Waals surface area contributed by atoms with E-state index in [1.54, 1.807) is 0 Å². The zero-order chi connectivity index (χ0) is 11.4. The molecule has 94 valence electrons. The highest BCUT2D eigenvalue weighted by molar-refractivity contribution is 4.87. The van der Waals surface area contributed by atoms with Crippen LogP contribution in [0.15, 0.2) is 0 Å². The number of nitrogens with one attached hydrogen (secondary N) is 1. The first-order chi connectivity index (χ1) is 7.81. The van der Waals surface area contributed by atoms with E-state index >= 15 is 0 Å². The van der Waals surface area contributed by atoms with Crippen molar-refractivity contribution in [3.05, 3.63) is 0 Å². The molecular formula is C14H27NO. The lowest BCUT2D eigenvalue weighted by Gasteiger charge is -2.25. The Morgan fingerprint density at radius 3 is 2.69 bits per heavy atom. The van der Waals surface area contributed by atoms with Gasteiger partial charge < -0.3 is 10.1 Å². The lowest BCUT2D eigenvalue weighted by atomic mass is 9.91. The van der Waals surface area contributed by atoms with E-state index in [-0.39, 0.29) is 0 Å². The van der Waals surface area contributed by atoms with Gasteiger partial charge in [0, 0.05) is 12.6 Å². The number of hydrogen-bond donors (Lipinski definition) is 1. The Labute approximate surface area is 100 Å². The third-order valence-corrected chi connectivity index (χ3v) is 4.29. The summed E-state index contributed by atoms with van der Waals surface area (Å²) in [5, 5.41) is 3.67. The van der Waals surface area contributed by atoms with Crippen LogP contribution in [0.1, 0.15) is 52.4 Å². The van der Waals surface area contributed by atoms with Gasteiger partial charge in [-0.25, -0.2) is 0 Å². The van der Waals surface area contributed by atoms with Crippen molar-refractivity contribution in [1.29, 1.82) is 0 Å². The molecule has 1 heterocycles. The van der Waals surface area contributed by atoms with Crippen LogP contribution in [0.2, 0.25) is 0 Å². The van der Waals surface area contributed by atoms with Crippen molar-refractivity contribution in [1.82, 2.24) is 5.32 Å². The maximum atomic E-state index is 5.71. The number of rotatable bonds is 7. The van der Waals surface area contributed by atoms with E-state index in [2.05, 4.69) is 19.2 Å². The Morgan fingerprint density at radius 2 is 2.12 bits per heavy atom. The monoisotopic (exact) mass is 225 g/mol. The quantitative estimate of drug-likeness (QED) is 0.719. The van der Waals surface area contributed by atoms with Crippen LogP contribution in [0, 0.1) is 11.8 Å². The smallest absolute Gasteiger partial charge is 0.0576 e. The van der Waals surface area contributed by atoms with Crippen molar-refractivity contribution in [2.45, 2.75) is 64.5 Å². The van der Waals surface area contributed by atoms with E-state index in [1.165, 1.54) is 38.5 Å². The summed E-state index contributed by atoms with van der Waals surface area (Å²) in [5.74, 6) is 1.87. The van der Waals surface area contributed by atoms with E-state index in [1.807, 2.05) is 0 Å². The topological polar surface area (TPSA) is 21.3 Å². The molecule has 2 nitrogen and oxygen atoms in total. The fraction of sp³-hybridized carbons (Fsp3) is 1.00. The Morgan fingerprint density at radius 1 is 1.31 bits per heavy atom. The first-order valence-electron chi connectivity index (χ1n) is 7.16. The lowest BCUT2D eigenvalue weighted by Crippen LogP contribution is -2.36. The summed E-state index contributed by atoms with van der Waals surface area (Å²) in [5.41, 5.74) is 0. The van der Waals surface area contributed by atoms with Crippen molar-refractivity contribution >= 4 is 0 Å². The molecule has 0 radical (unpaired) electrons. The van der Waals surface area contributed by atoms with Crippen LogP contribution in [0.25, 0.3) is 0 Å². The van der Waals surface area contributed by atoms with Crippen LogP contribution in [-0.2, 0) is 4.74 Å². The minimum Gasteiger partial charge on any atom is -0.378 e. The number of hydrogen-bond acceptors (Lipinski definition) is 2. The maximum absolute atomic E-state index is 5.71. The van der Waals surface area contributed by atoms with Gasteiger partial charge in [0.25, 0.3) is 0 Å². The molecule has 0 spiro atoms. The second-order valence-electron chi connectivity index (χ2n) is 5.57. The molecule has 2 aliphatic rings. The Hall–Kier alpha value is -0.0800. The van der Waals surface area contributed by atoms with Gasteiger partial charge in [0.2, 0.25) is 0 Å². The van der Waals surface area contributed by atoms with Crippen molar-refractivity contribution < 1.29 is 4.74 Å². The summed E-state index contributed by atoms with van der Waals surface area (Å²) >= 11 is 0. The van der Waals surface area contributed by atoms with E-state index in [0.717, 1.165) is 31.0 Å². The first kappa shape index (κ1) is 12.4. The predicted molar refractivity (Wildman–Crippen MR) is 67.6 cm³/mol. The molecule has 16 heavy (non-hydrogen) atoms. The molecule has 1 saturated heterocycles. The first-order valence-corrected chi connectivity index (χ1v) is 7.16. The van der Waals surface area contributed by atoms with Crippen LogP contribution in [-0.4, -0.2) is 25.3 Å². The molecular weight excluding hydrogens is 198 g/mol. The zero-order valence-electron chi connectivity index (χ0n) is 10.9. The largest absolute Gasteiger partial charge is 0.378 e. The molecule has 3 unspecified atom stereocenters. The highest BCUT2D eigenvalue weighted by atomic mass is 16.5. The molecule has 2 rings (SSSR count). The van der Waals surface area contributed by atoms with Crippen LogP contribution in [0.3, 0.4) is 0 Å². The van der Waals surface area contributed by atoms with Gasteiger partial charge in [-0.2, -0.15) is 0 Å². The minimum atomic E-state index is 0.563. The van der Waals surface area contributed by atoms with Gasteiger partial charge in [0.15, 0.2) is 0 Å². The molecule has 1 saturated carbocycles. The summed E-state index contributed by atoms with van der Waals surface area (Å²) in [6, 6.07) is 0.724. The molecule has 0 aromatic carbocycles. The fourth-order valence-corrected chi connectivity index (χ4v) is 3.00. The molecule has 0 amide bonds. The zero-order valence-corrected chi connectivity index (χ0v) is 10.9. The van der Waals surface area contributed by atoms with Gasteiger partial charge in [0.05, 0.1) is 6.10 Å². The molecule has 1 N–H and O–H groups in total. The van der Waals surface area contributed by atoms with E-state index in [0.29, 0.717) is 6.10 Å². The fourth-order valence-electron chi connectivity index (χ4n) is 3.00. The van der Waals surface area contributed by atoms with Gasteiger partial charge in [-0.15, -0.1) is 0 Å². The van der Waals surface area contributed by atoms with Crippen molar-refractivity contribution in [3.63, 3.8) is 0 Å². The highest BCUT2D eigenvalue weighted by Gasteiger charge is 2.33. The standard InChI is InChI=1S/C14H27NO/c1-3-15-14(11(2)12-6-7-12)9-8-13-5-4-10-16-13/h11-15H,3-10H2,1-2H3. The van der Waals surface area contributed by atoms with Crippen molar-refractivity contribution in [2.24, 2.45) is 11.8 Å². The summed E-state index contributed by atoms with van der Waals surface area (Å²) in [6.45, 7) is 6.75. The van der Waals surface area contributed by atoms with Crippen LogP contribution in [0.5, 0.6) is 0 Å². The van der Waals surface area contributed by atoms with E-state index < -0.39 is 0 Å². The highest BCUT2D eigenvalue weighted by Crippen LogP contribution is 2.39. The second kappa shape index (κ2) is 6.02. The van der Waals surface area contributed by atoms with Gasteiger partial charge in [0.1, 0.15) is 0 Å². The molecule has 2 fully saturated rings. The normalized spacial score (nSPS) is 29.2. The van der Waals surface area contributed by atoms with Gasteiger partial charge in [-0.05, 0) is 56.9 Å². The summed E-state index contributed by atoms with van der Waals surface area (Å²) < 4.78 is 5.71. The van der Waals surface area contributed by atoms with Crippen molar-refractivity contribution in [2.75, 3.05) is 13.2 Å². The molecule has 1 aliphatic heterocycles. The summed E-state index contributed by atoms with van der Waals surface area (Å²) in [7, 11) is 0. The Balaban J connectivity index is 1.72. The Kier molecular flexibility index (Phi) is 4.66.